The quantitative estimate of drug-likeness (QED) is 0.776. The number of anilines is 1. The van der Waals surface area contributed by atoms with Crippen LogP contribution in [-0.4, -0.2) is 43.5 Å². The minimum absolute atomic E-state index is 0.127. The number of carbonyl (C=O) groups is 2. The molecule has 2 amide bonds. The number of rotatable bonds is 3. The topological polar surface area (TPSA) is 74.8 Å². The van der Waals surface area contributed by atoms with Gasteiger partial charge in [0.25, 0.3) is 5.92 Å². The van der Waals surface area contributed by atoms with Crippen LogP contribution in [0.2, 0.25) is 0 Å². The SMILES string of the molecule is O=C1CCC(=O)N1c1ccc(S(=O)(=O)N2CCC(F)(F)C2)cc1. The summed E-state index contributed by atoms with van der Waals surface area (Å²) in [6.07, 6.45) is -0.245. The minimum atomic E-state index is -4.01. The Kier molecular flexibility index (Phi) is 3.72. The van der Waals surface area contributed by atoms with E-state index in [9.17, 15) is 26.8 Å². The summed E-state index contributed by atoms with van der Waals surface area (Å²) in [6, 6.07) is 5.12. The molecule has 0 bridgehead atoms. The van der Waals surface area contributed by atoms with Crippen LogP contribution < -0.4 is 4.90 Å². The standard InChI is InChI=1S/C14H14F2N2O4S/c15-14(16)7-8-17(9-14)23(21,22)11-3-1-10(2-4-11)18-12(19)5-6-13(18)20/h1-4H,5-9H2. The summed E-state index contributed by atoms with van der Waals surface area (Å²) in [5.41, 5.74) is 0.281. The molecule has 3 rings (SSSR count). The first-order chi connectivity index (χ1) is 10.7. The number of imide groups is 1. The predicted octanol–water partition coefficient (Wildman–Crippen LogP) is 1.37. The Labute approximate surface area is 131 Å². The zero-order valence-corrected chi connectivity index (χ0v) is 12.9. The normalized spacial score (nSPS) is 22.1. The molecule has 2 fully saturated rings. The molecule has 2 aliphatic heterocycles. The second-order valence-electron chi connectivity index (χ2n) is 5.56. The number of nitrogens with zero attached hydrogens (tertiary/aromatic N) is 2. The Balaban J connectivity index is 1.85. The van der Waals surface area contributed by atoms with Gasteiger partial charge < -0.3 is 0 Å². The van der Waals surface area contributed by atoms with E-state index in [4.69, 9.17) is 0 Å². The fourth-order valence-electron chi connectivity index (χ4n) is 2.69. The van der Waals surface area contributed by atoms with Gasteiger partial charge in [-0.2, -0.15) is 4.31 Å². The molecule has 2 aliphatic rings. The van der Waals surface area contributed by atoms with Gasteiger partial charge in [0, 0.05) is 25.8 Å². The third-order valence-corrected chi connectivity index (χ3v) is 5.78. The van der Waals surface area contributed by atoms with E-state index in [0.29, 0.717) is 0 Å². The lowest BCUT2D eigenvalue weighted by Crippen LogP contribution is -2.31. The Morgan fingerprint density at radius 3 is 2.04 bits per heavy atom. The zero-order valence-electron chi connectivity index (χ0n) is 12.0. The van der Waals surface area contributed by atoms with Gasteiger partial charge in [0.05, 0.1) is 17.1 Å². The molecule has 0 radical (unpaired) electrons. The zero-order chi connectivity index (χ0) is 16.8. The molecule has 124 valence electrons. The van der Waals surface area contributed by atoms with Gasteiger partial charge in [0.15, 0.2) is 0 Å². The molecular weight excluding hydrogens is 330 g/mol. The number of sulfonamides is 1. The minimum Gasteiger partial charge on any atom is -0.274 e. The lowest BCUT2D eigenvalue weighted by atomic mass is 10.3. The van der Waals surface area contributed by atoms with Gasteiger partial charge in [-0.3, -0.25) is 14.5 Å². The largest absolute Gasteiger partial charge is 0.274 e. The van der Waals surface area contributed by atoms with Crippen molar-refractivity contribution in [3.63, 3.8) is 0 Å². The number of hydrogen-bond acceptors (Lipinski definition) is 4. The first-order valence-corrected chi connectivity index (χ1v) is 8.49. The molecule has 0 aromatic heterocycles. The summed E-state index contributed by atoms with van der Waals surface area (Å²) < 4.78 is 51.8. The van der Waals surface area contributed by atoms with Crippen molar-refractivity contribution < 1.29 is 26.8 Å². The lowest BCUT2D eigenvalue weighted by Gasteiger charge is -2.18. The summed E-state index contributed by atoms with van der Waals surface area (Å²) in [7, 11) is -4.01. The van der Waals surface area contributed by atoms with Gasteiger partial charge >= 0.3 is 0 Å². The second kappa shape index (κ2) is 5.34. The fourth-order valence-corrected chi connectivity index (χ4v) is 4.16. The Bertz CT molecular complexity index is 745. The average molecular weight is 344 g/mol. The lowest BCUT2D eigenvalue weighted by molar-refractivity contribution is -0.121. The molecule has 0 spiro atoms. The number of carbonyl (C=O) groups excluding carboxylic acids is 2. The Morgan fingerprint density at radius 2 is 1.57 bits per heavy atom. The van der Waals surface area contributed by atoms with Gasteiger partial charge in [0.2, 0.25) is 21.8 Å². The van der Waals surface area contributed by atoms with Crippen molar-refractivity contribution in [2.24, 2.45) is 0 Å². The molecule has 2 saturated heterocycles. The van der Waals surface area contributed by atoms with Crippen LogP contribution in [0.3, 0.4) is 0 Å². The monoisotopic (exact) mass is 344 g/mol. The maximum absolute atomic E-state index is 13.2. The number of alkyl halides is 2. The molecule has 6 nitrogen and oxygen atoms in total. The van der Waals surface area contributed by atoms with Crippen LogP contribution in [0.15, 0.2) is 29.2 Å². The first-order valence-electron chi connectivity index (χ1n) is 7.05. The van der Waals surface area contributed by atoms with Gasteiger partial charge in [0.1, 0.15) is 0 Å². The first kappa shape index (κ1) is 16.0. The molecule has 9 heteroatoms. The van der Waals surface area contributed by atoms with Gasteiger partial charge in [-0.25, -0.2) is 17.2 Å². The highest BCUT2D eigenvalue weighted by Crippen LogP contribution is 2.32. The van der Waals surface area contributed by atoms with Crippen LogP contribution in [0.4, 0.5) is 14.5 Å². The summed E-state index contributed by atoms with van der Waals surface area (Å²) in [6.45, 7) is -1.07. The van der Waals surface area contributed by atoms with Crippen molar-refractivity contribution in [1.82, 2.24) is 4.31 Å². The van der Waals surface area contributed by atoms with Crippen LogP contribution >= 0.6 is 0 Å². The highest BCUT2D eigenvalue weighted by molar-refractivity contribution is 7.89. The molecule has 0 aliphatic carbocycles. The molecule has 0 N–H and O–H groups in total. The molecule has 0 unspecified atom stereocenters. The van der Waals surface area contributed by atoms with Crippen molar-refractivity contribution >= 4 is 27.5 Å². The van der Waals surface area contributed by atoms with Crippen molar-refractivity contribution in [3.8, 4) is 0 Å². The van der Waals surface area contributed by atoms with E-state index in [-0.39, 0.29) is 41.8 Å². The van der Waals surface area contributed by atoms with E-state index in [0.717, 1.165) is 9.21 Å². The third-order valence-electron chi connectivity index (χ3n) is 3.92. The maximum Gasteiger partial charge on any atom is 0.262 e. The van der Waals surface area contributed by atoms with Gasteiger partial charge in [-0.05, 0) is 24.3 Å². The van der Waals surface area contributed by atoms with E-state index in [1.165, 1.54) is 24.3 Å². The van der Waals surface area contributed by atoms with E-state index in [2.05, 4.69) is 0 Å². The van der Waals surface area contributed by atoms with E-state index in [1.807, 2.05) is 0 Å². The fraction of sp³-hybridized carbons (Fsp3) is 0.429. The number of amides is 2. The molecular formula is C14H14F2N2O4S. The van der Waals surface area contributed by atoms with E-state index < -0.39 is 28.9 Å². The van der Waals surface area contributed by atoms with E-state index >= 15 is 0 Å². The van der Waals surface area contributed by atoms with Gasteiger partial charge in [-0.15, -0.1) is 0 Å². The summed E-state index contributed by atoms with van der Waals surface area (Å²) in [5.74, 6) is -3.70. The van der Waals surface area contributed by atoms with Crippen molar-refractivity contribution in [2.45, 2.75) is 30.1 Å². The van der Waals surface area contributed by atoms with Crippen LogP contribution in [0, 0.1) is 0 Å². The smallest absolute Gasteiger partial charge is 0.262 e. The van der Waals surface area contributed by atoms with Crippen LogP contribution in [0.25, 0.3) is 0 Å². The van der Waals surface area contributed by atoms with Crippen molar-refractivity contribution in [3.05, 3.63) is 24.3 Å². The average Bonchev–Trinajstić information content (AvgIpc) is 3.02. The highest BCUT2D eigenvalue weighted by atomic mass is 32.2. The van der Waals surface area contributed by atoms with Crippen molar-refractivity contribution in [2.75, 3.05) is 18.0 Å². The molecule has 0 atom stereocenters. The molecule has 2 heterocycles. The second-order valence-corrected chi connectivity index (χ2v) is 7.50. The molecule has 1 aromatic rings. The summed E-state index contributed by atoms with van der Waals surface area (Å²) in [5, 5.41) is 0. The van der Waals surface area contributed by atoms with Crippen LogP contribution in [0.5, 0.6) is 0 Å². The number of benzene rings is 1. The maximum atomic E-state index is 13.2. The van der Waals surface area contributed by atoms with Crippen LogP contribution in [0.1, 0.15) is 19.3 Å². The number of hydrogen-bond donors (Lipinski definition) is 0. The van der Waals surface area contributed by atoms with E-state index in [1.54, 1.807) is 0 Å². The Hall–Kier alpha value is -1.87. The molecule has 1 aromatic carbocycles. The van der Waals surface area contributed by atoms with Crippen molar-refractivity contribution in [1.29, 1.82) is 0 Å². The summed E-state index contributed by atoms with van der Waals surface area (Å²) >= 11 is 0. The molecule has 23 heavy (non-hydrogen) atoms. The highest BCUT2D eigenvalue weighted by Gasteiger charge is 2.43. The third kappa shape index (κ3) is 2.86. The van der Waals surface area contributed by atoms with Gasteiger partial charge in [-0.1, -0.05) is 0 Å². The summed E-state index contributed by atoms with van der Waals surface area (Å²) in [4.78, 5) is 24.1. The predicted molar refractivity (Wildman–Crippen MR) is 76.5 cm³/mol. The number of halogens is 2. The molecule has 0 saturated carbocycles. The van der Waals surface area contributed by atoms with Crippen LogP contribution in [-0.2, 0) is 19.6 Å². The Morgan fingerprint density at radius 1 is 1.00 bits per heavy atom.